The van der Waals surface area contributed by atoms with Crippen LogP contribution in [0.3, 0.4) is 0 Å². The van der Waals surface area contributed by atoms with Crippen LogP contribution in [0.2, 0.25) is 0 Å². The molecule has 0 aromatic rings. The van der Waals surface area contributed by atoms with E-state index in [1.165, 1.54) is 6.42 Å². The zero-order valence-corrected chi connectivity index (χ0v) is 14.9. The zero-order chi connectivity index (χ0) is 15.1. The zero-order valence-electron chi connectivity index (χ0n) is 12.6. The highest BCUT2D eigenvalue weighted by molar-refractivity contribution is 14.0. The third-order valence-electron chi connectivity index (χ3n) is 5.25. The molecule has 3 rings (SSSR count). The Balaban J connectivity index is 0.00000176. The van der Waals surface area contributed by atoms with Crippen LogP contribution in [-0.2, 0) is 4.74 Å². The number of guanidine groups is 1. The lowest BCUT2D eigenvalue weighted by atomic mass is 9.46. The van der Waals surface area contributed by atoms with Gasteiger partial charge in [-0.1, -0.05) is 6.42 Å². The largest absolute Gasteiger partial charge is 0.390 e. The van der Waals surface area contributed by atoms with Crippen molar-refractivity contribution in [3.8, 4) is 0 Å². The van der Waals surface area contributed by atoms with Crippen LogP contribution in [0.5, 0.6) is 0 Å². The summed E-state index contributed by atoms with van der Waals surface area (Å²) in [5.41, 5.74) is 0.197. The molecule has 2 N–H and O–H groups in total. The lowest BCUT2D eigenvalue weighted by Crippen LogP contribution is -2.72. The average molecular weight is 433 g/mol. The fraction of sp³-hybridized carbons (Fsp3) is 0.929. The fourth-order valence-electron chi connectivity index (χ4n) is 4.12. The molecule has 3 fully saturated rings. The van der Waals surface area contributed by atoms with Crippen LogP contribution in [0.25, 0.3) is 0 Å². The predicted molar refractivity (Wildman–Crippen MR) is 88.5 cm³/mol. The van der Waals surface area contributed by atoms with Crippen LogP contribution in [0.4, 0.5) is 13.2 Å². The van der Waals surface area contributed by atoms with Gasteiger partial charge in [0.25, 0.3) is 0 Å². The number of aliphatic imine (C=N–C) groups is 1. The van der Waals surface area contributed by atoms with Crippen LogP contribution in [0.15, 0.2) is 4.99 Å². The molecule has 0 radical (unpaired) electrons. The number of halogens is 4. The summed E-state index contributed by atoms with van der Waals surface area (Å²) in [6, 6.07) is 0.288. The van der Waals surface area contributed by atoms with Crippen molar-refractivity contribution in [2.75, 3.05) is 20.2 Å². The Bertz CT molecular complexity index is 426. The topological polar surface area (TPSA) is 45.7 Å². The second-order valence-electron chi connectivity index (χ2n) is 6.32. The van der Waals surface area contributed by atoms with Gasteiger partial charge in [0, 0.05) is 37.6 Å². The van der Waals surface area contributed by atoms with Gasteiger partial charge in [0.05, 0.1) is 12.5 Å². The van der Waals surface area contributed by atoms with Gasteiger partial charge in [-0.05, 0) is 19.3 Å². The Hall–Kier alpha value is -0.250. The number of rotatable bonds is 3. The van der Waals surface area contributed by atoms with Crippen molar-refractivity contribution in [3.63, 3.8) is 0 Å². The summed E-state index contributed by atoms with van der Waals surface area (Å²) in [6.45, 7) is 0.656. The maximum absolute atomic E-state index is 12.2. The molecule has 0 aromatic heterocycles. The number of nitrogens with one attached hydrogen (secondary N) is 2. The molecular formula is C14H23F3IN3O. The molecular weight excluding hydrogens is 410 g/mol. The van der Waals surface area contributed by atoms with E-state index in [1.54, 1.807) is 7.05 Å². The minimum atomic E-state index is -4.14. The standard InChI is InChI=1S/C14H22F3N3O.HI/c1-18-12(19-7-6-14(15,16)17)20-10-9-3-8-21-11(9)13(10)4-2-5-13;/h9-11H,2-8H2,1H3,(H2,18,19,20);1H. The normalized spacial score (nSPS) is 32.5. The minimum absolute atomic E-state index is 0. The molecule has 0 amide bonds. The first-order valence-electron chi connectivity index (χ1n) is 7.62. The summed E-state index contributed by atoms with van der Waals surface area (Å²) in [5.74, 6) is 0.951. The summed E-state index contributed by atoms with van der Waals surface area (Å²) in [5, 5.41) is 6.11. The van der Waals surface area contributed by atoms with Crippen LogP contribution >= 0.6 is 24.0 Å². The smallest absolute Gasteiger partial charge is 0.377 e. The van der Waals surface area contributed by atoms with Crippen molar-refractivity contribution in [2.45, 2.75) is 50.4 Å². The van der Waals surface area contributed by atoms with Gasteiger partial charge in [-0.3, -0.25) is 4.99 Å². The Morgan fingerprint density at radius 2 is 2.09 bits per heavy atom. The molecule has 2 aliphatic carbocycles. The SMILES string of the molecule is CN=C(NCCC(F)(F)F)NC1C2CCOC2C12CCC2.I. The molecule has 1 heterocycles. The molecule has 3 unspecified atom stereocenters. The van der Waals surface area contributed by atoms with Gasteiger partial charge in [0.15, 0.2) is 5.96 Å². The first kappa shape index (κ1) is 18.1. The third-order valence-corrected chi connectivity index (χ3v) is 5.25. The molecule has 1 saturated heterocycles. The molecule has 22 heavy (non-hydrogen) atoms. The molecule has 3 atom stereocenters. The lowest BCUT2D eigenvalue weighted by molar-refractivity contribution is -0.171. The fourth-order valence-corrected chi connectivity index (χ4v) is 4.12. The van der Waals surface area contributed by atoms with Crippen molar-refractivity contribution >= 4 is 29.9 Å². The van der Waals surface area contributed by atoms with E-state index in [9.17, 15) is 13.2 Å². The third kappa shape index (κ3) is 3.18. The molecule has 128 valence electrons. The van der Waals surface area contributed by atoms with Crippen molar-refractivity contribution in [2.24, 2.45) is 16.3 Å². The van der Waals surface area contributed by atoms with Crippen LogP contribution in [0.1, 0.15) is 32.1 Å². The number of hydrogen-bond acceptors (Lipinski definition) is 2. The summed E-state index contributed by atoms with van der Waals surface area (Å²) in [7, 11) is 1.59. The van der Waals surface area contributed by atoms with E-state index < -0.39 is 12.6 Å². The van der Waals surface area contributed by atoms with Gasteiger partial charge in [-0.25, -0.2) is 0 Å². The lowest BCUT2D eigenvalue weighted by Gasteiger charge is -2.63. The van der Waals surface area contributed by atoms with Gasteiger partial charge in [-0.15, -0.1) is 24.0 Å². The molecule has 3 aliphatic rings. The first-order valence-corrected chi connectivity index (χ1v) is 7.62. The molecule has 1 spiro atoms. The van der Waals surface area contributed by atoms with E-state index in [1.807, 2.05) is 0 Å². The van der Waals surface area contributed by atoms with E-state index in [0.717, 1.165) is 25.9 Å². The van der Waals surface area contributed by atoms with Crippen LogP contribution < -0.4 is 10.6 Å². The molecule has 2 saturated carbocycles. The molecule has 0 bridgehead atoms. The van der Waals surface area contributed by atoms with E-state index >= 15 is 0 Å². The maximum atomic E-state index is 12.2. The highest BCUT2D eigenvalue weighted by Gasteiger charge is 2.66. The average Bonchev–Trinajstić information content (AvgIpc) is 2.75. The van der Waals surface area contributed by atoms with Crippen molar-refractivity contribution in [1.29, 1.82) is 0 Å². The van der Waals surface area contributed by atoms with Crippen LogP contribution in [-0.4, -0.2) is 44.5 Å². The number of ether oxygens (including phenoxy) is 1. The molecule has 1 aliphatic heterocycles. The Morgan fingerprint density at radius 3 is 2.64 bits per heavy atom. The number of alkyl halides is 3. The summed E-state index contributed by atoms with van der Waals surface area (Å²) in [6.07, 6.45) is -0.108. The van der Waals surface area contributed by atoms with Crippen molar-refractivity contribution < 1.29 is 17.9 Å². The van der Waals surface area contributed by atoms with E-state index in [-0.39, 0.29) is 42.0 Å². The van der Waals surface area contributed by atoms with E-state index in [0.29, 0.717) is 18.0 Å². The minimum Gasteiger partial charge on any atom is -0.377 e. The molecule has 4 nitrogen and oxygen atoms in total. The number of hydrogen-bond donors (Lipinski definition) is 2. The maximum Gasteiger partial charge on any atom is 0.390 e. The van der Waals surface area contributed by atoms with E-state index in [4.69, 9.17) is 4.74 Å². The number of nitrogens with zero attached hydrogens (tertiary/aromatic N) is 1. The molecule has 8 heteroatoms. The van der Waals surface area contributed by atoms with Gasteiger partial charge < -0.3 is 15.4 Å². The second-order valence-corrected chi connectivity index (χ2v) is 6.32. The summed E-state index contributed by atoms with van der Waals surface area (Å²) in [4.78, 5) is 4.05. The predicted octanol–water partition coefficient (Wildman–Crippen LogP) is 2.68. The van der Waals surface area contributed by atoms with Crippen molar-refractivity contribution in [3.05, 3.63) is 0 Å². The summed E-state index contributed by atoms with van der Waals surface area (Å²) >= 11 is 0. The van der Waals surface area contributed by atoms with Gasteiger partial charge in [-0.2, -0.15) is 13.2 Å². The Kier molecular flexibility index (Phi) is 5.51. The highest BCUT2D eigenvalue weighted by atomic mass is 127. The first-order chi connectivity index (χ1) is 9.96. The highest BCUT2D eigenvalue weighted by Crippen LogP contribution is 2.62. The quantitative estimate of drug-likeness (QED) is 0.409. The second kappa shape index (κ2) is 6.70. The van der Waals surface area contributed by atoms with Gasteiger partial charge >= 0.3 is 6.18 Å². The van der Waals surface area contributed by atoms with E-state index in [2.05, 4.69) is 15.6 Å². The Morgan fingerprint density at radius 1 is 1.36 bits per heavy atom. The number of fused-ring (bicyclic) bond motifs is 2. The monoisotopic (exact) mass is 433 g/mol. The Labute approximate surface area is 145 Å². The van der Waals surface area contributed by atoms with Gasteiger partial charge in [0.1, 0.15) is 0 Å². The van der Waals surface area contributed by atoms with Crippen LogP contribution in [0, 0.1) is 11.3 Å². The summed E-state index contributed by atoms with van der Waals surface area (Å²) < 4.78 is 42.4. The van der Waals surface area contributed by atoms with Gasteiger partial charge in [0.2, 0.25) is 0 Å². The van der Waals surface area contributed by atoms with Crippen molar-refractivity contribution in [1.82, 2.24) is 10.6 Å². The molecule has 0 aromatic carbocycles.